The summed E-state index contributed by atoms with van der Waals surface area (Å²) in [7, 11) is 5.38. The number of carbonyl (C=O) groups excluding carboxylic acids is 3. The van der Waals surface area contributed by atoms with Gasteiger partial charge in [0.1, 0.15) is 12.6 Å². The lowest BCUT2D eigenvalue weighted by molar-refractivity contribution is -0.889. The Morgan fingerprint density at radius 2 is 1.02 bits per heavy atom. The van der Waals surface area contributed by atoms with Crippen LogP contribution in [-0.2, 0) is 28.6 Å². The summed E-state index contributed by atoms with van der Waals surface area (Å²) in [5.41, 5.74) is 0. The highest BCUT2D eigenvalue weighted by Crippen LogP contribution is 2.12. The highest BCUT2D eigenvalue weighted by molar-refractivity contribution is 5.70. The molecule has 0 aromatic rings. The van der Waals surface area contributed by atoms with Crippen LogP contribution in [0.4, 0.5) is 0 Å². The van der Waals surface area contributed by atoms with Crippen molar-refractivity contribution in [3.05, 3.63) is 72.9 Å². The third kappa shape index (κ3) is 36.2. The predicted octanol–water partition coefficient (Wildman–Crippen LogP) is 10.2. The Kier molecular flexibility index (Phi) is 35.5. The Balaban J connectivity index is 4.34. The van der Waals surface area contributed by atoms with Crippen molar-refractivity contribution < 1.29 is 38.2 Å². The molecule has 2 atom stereocenters. The molecule has 0 radical (unpaired) electrons. The second-order valence-electron chi connectivity index (χ2n) is 15.2. The Bertz CT molecular complexity index is 1130. The molecule has 2 unspecified atom stereocenters. The zero-order valence-electron chi connectivity index (χ0n) is 35.6. The molecule has 0 aliphatic carbocycles. The number of hydrogen-bond donors (Lipinski definition) is 0. The third-order valence-electron chi connectivity index (χ3n) is 9.11. The highest BCUT2D eigenvalue weighted by Gasteiger charge is 2.25. The van der Waals surface area contributed by atoms with Crippen LogP contribution in [0, 0.1) is 0 Å². The number of allylic oxidation sites excluding steroid dienone is 12. The fraction of sp³-hybridized carbons (Fsp3) is 0.681. The van der Waals surface area contributed by atoms with Gasteiger partial charge in [0.2, 0.25) is 0 Å². The van der Waals surface area contributed by atoms with Crippen LogP contribution in [0.25, 0.3) is 0 Å². The molecule has 0 aliphatic heterocycles. The fourth-order valence-electron chi connectivity index (χ4n) is 5.78. The Morgan fingerprint density at radius 3 is 1.51 bits per heavy atom. The number of unbranched alkanes of at least 4 members (excludes halogenated alkanes) is 11. The number of esters is 2. The molecule has 0 saturated carbocycles. The maximum atomic E-state index is 12.7. The van der Waals surface area contributed by atoms with E-state index in [1.165, 1.54) is 32.1 Å². The molecule has 0 saturated heterocycles. The van der Waals surface area contributed by atoms with E-state index in [-0.39, 0.29) is 49.1 Å². The van der Waals surface area contributed by atoms with E-state index < -0.39 is 18.1 Å². The van der Waals surface area contributed by atoms with Gasteiger partial charge in [-0.15, -0.1) is 0 Å². The van der Waals surface area contributed by atoms with Crippen molar-refractivity contribution in [3.63, 3.8) is 0 Å². The van der Waals surface area contributed by atoms with E-state index in [4.69, 9.17) is 14.2 Å². The first-order valence-electron chi connectivity index (χ1n) is 21.5. The fourth-order valence-corrected chi connectivity index (χ4v) is 5.78. The van der Waals surface area contributed by atoms with Crippen LogP contribution >= 0.6 is 0 Å². The highest BCUT2D eigenvalue weighted by atomic mass is 16.6. The summed E-state index contributed by atoms with van der Waals surface area (Å²) in [6.07, 6.45) is 46.5. The summed E-state index contributed by atoms with van der Waals surface area (Å²) in [6, 6.07) is -0.732. The molecular weight excluding hydrogens is 691 g/mol. The summed E-state index contributed by atoms with van der Waals surface area (Å²) in [5, 5.41) is 11.6. The van der Waals surface area contributed by atoms with Crippen LogP contribution < -0.4 is 5.11 Å². The molecule has 55 heavy (non-hydrogen) atoms. The minimum atomic E-state index is -1.13. The van der Waals surface area contributed by atoms with Crippen molar-refractivity contribution in [1.29, 1.82) is 0 Å². The summed E-state index contributed by atoms with van der Waals surface area (Å²) in [5.74, 6) is -1.78. The van der Waals surface area contributed by atoms with E-state index >= 15 is 0 Å². The molecule has 0 spiro atoms. The van der Waals surface area contributed by atoms with Crippen molar-refractivity contribution in [2.24, 2.45) is 0 Å². The number of rotatable bonds is 37. The topological polar surface area (TPSA) is 102 Å². The van der Waals surface area contributed by atoms with Gasteiger partial charge in [-0.1, -0.05) is 145 Å². The van der Waals surface area contributed by atoms with Crippen molar-refractivity contribution in [2.45, 2.75) is 167 Å². The Morgan fingerprint density at radius 1 is 0.564 bits per heavy atom. The third-order valence-corrected chi connectivity index (χ3v) is 9.11. The summed E-state index contributed by atoms with van der Waals surface area (Å²) < 4.78 is 17.1. The Hall–Kier alpha value is -3.23. The van der Waals surface area contributed by atoms with Gasteiger partial charge in [0.25, 0.3) is 0 Å². The number of carbonyl (C=O) groups is 3. The van der Waals surface area contributed by atoms with E-state index in [1.54, 1.807) is 21.1 Å². The summed E-state index contributed by atoms with van der Waals surface area (Å²) in [6.45, 7) is 4.47. The minimum absolute atomic E-state index is 0.0274. The lowest BCUT2D eigenvalue weighted by Gasteiger charge is -2.34. The maximum absolute atomic E-state index is 12.7. The van der Waals surface area contributed by atoms with Crippen LogP contribution in [0.2, 0.25) is 0 Å². The van der Waals surface area contributed by atoms with Gasteiger partial charge in [-0.05, 0) is 64.2 Å². The molecule has 0 N–H and O–H groups in total. The van der Waals surface area contributed by atoms with Crippen molar-refractivity contribution >= 4 is 17.9 Å². The molecule has 0 aliphatic rings. The number of likely N-dealkylation sites (N-methyl/N-ethyl adjacent to an activating group) is 1. The first-order chi connectivity index (χ1) is 26.6. The smallest absolute Gasteiger partial charge is 0.306 e. The van der Waals surface area contributed by atoms with E-state index in [0.29, 0.717) is 6.42 Å². The molecule has 0 aromatic carbocycles. The SMILES string of the molecule is CC/C=C/C/C=C/C/C=C/C/C=C/C/C=C/C/C=C/CCCCCCC(=O)OC(COCCC(C(=O)[O-])[N+](C)(C)C)COC(=O)CCCCCCCCCC. The molecule has 0 amide bonds. The largest absolute Gasteiger partial charge is 0.544 e. The van der Waals surface area contributed by atoms with Gasteiger partial charge in [0, 0.05) is 19.3 Å². The van der Waals surface area contributed by atoms with Crippen LogP contribution in [0.15, 0.2) is 72.9 Å². The van der Waals surface area contributed by atoms with Gasteiger partial charge >= 0.3 is 11.9 Å². The maximum Gasteiger partial charge on any atom is 0.306 e. The van der Waals surface area contributed by atoms with Crippen LogP contribution in [-0.4, -0.2) is 75.5 Å². The molecule has 0 heterocycles. The average molecular weight is 770 g/mol. The summed E-state index contributed by atoms with van der Waals surface area (Å²) >= 11 is 0. The van der Waals surface area contributed by atoms with E-state index in [2.05, 4.69) is 86.8 Å². The lowest BCUT2D eigenvalue weighted by atomic mass is 10.1. The second kappa shape index (κ2) is 37.7. The van der Waals surface area contributed by atoms with Gasteiger partial charge in [-0.3, -0.25) is 9.59 Å². The van der Waals surface area contributed by atoms with E-state index in [0.717, 1.165) is 89.9 Å². The van der Waals surface area contributed by atoms with Crippen LogP contribution in [0.5, 0.6) is 0 Å². The van der Waals surface area contributed by atoms with E-state index in [1.807, 2.05) is 0 Å². The molecular formula is C47H79NO7. The average Bonchev–Trinajstić information content (AvgIpc) is 3.14. The standard InChI is InChI=1S/C47H79NO7/c1-6-8-10-12-14-16-17-18-19-20-21-22-23-24-25-26-27-28-29-30-32-34-36-38-46(50)55-43(41-53-40-39-44(47(51)52)48(3,4)5)42-54-45(49)37-35-33-31-15-13-11-9-7-2/h8,10,14,16,18-19,21-22,24-25,27-28,43-44H,6-7,9,11-13,15,17,20,23,26,29-42H2,1-5H3/b10-8+,16-14+,19-18+,22-21+,25-24+,28-27+. The molecule has 0 fully saturated rings. The number of nitrogens with zero attached hydrogens (tertiary/aromatic N) is 1. The zero-order valence-corrected chi connectivity index (χ0v) is 35.6. The molecule has 8 heteroatoms. The normalized spacial score (nSPS) is 13.7. The Labute approximate surface area is 336 Å². The molecule has 0 bridgehead atoms. The number of aliphatic carboxylic acids is 1. The van der Waals surface area contributed by atoms with Crippen molar-refractivity contribution in [2.75, 3.05) is 41.0 Å². The van der Waals surface area contributed by atoms with Crippen molar-refractivity contribution in [3.8, 4) is 0 Å². The van der Waals surface area contributed by atoms with E-state index in [9.17, 15) is 19.5 Å². The van der Waals surface area contributed by atoms with Gasteiger partial charge in [-0.25, -0.2) is 0 Å². The monoisotopic (exact) mass is 770 g/mol. The number of carboxylic acids is 1. The van der Waals surface area contributed by atoms with Gasteiger partial charge in [-0.2, -0.15) is 0 Å². The summed E-state index contributed by atoms with van der Waals surface area (Å²) in [4.78, 5) is 36.7. The zero-order chi connectivity index (χ0) is 40.7. The molecule has 0 rings (SSSR count). The molecule has 0 aromatic heterocycles. The lowest BCUT2D eigenvalue weighted by Crippen LogP contribution is -2.55. The quantitative estimate of drug-likeness (QED) is 0.0268. The van der Waals surface area contributed by atoms with Gasteiger partial charge < -0.3 is 28.6 Å². The van der Waals surface area contributed by atoms with Crippen LogP contribution in [0.1, 0.15) is 155 Å². The first-order valence-corrected chi connectivity index (χ1v) is 21.5. The number of hydrogen-bond acceptors (Lipinski definition) is 7. The number of carboxylic acid groups (broad SMARTS) is 1. The molecule has 8 nitrogen and oxygen atoms in total. The first kappa shape index (κ1) is 51.8. The minimum Gasteiger partial charge on any atom is -0.544 e. The van der Waals surface area contributed by atoms with Crippen molar-refractivity contribution in [1.82, 2.24) is 0 Å². The predicted molar refractivity (Wildman–Crippen MR) is 226 cm³/mol. The number of ether oxygens (including phenoxy) is 3. The van der Waals surface area contributed by atoms with Gasteiger partial charge in [0.15, 0.2) is 6.10 Å². The molecule has 314 valence electrons. The van der Waals surface area contributed by atoms with Crippen LogP contribution in [0.3, 0.4) is 0 Å². The van der Waals surface area contributed by atoms with Gasteiger partial charge in [0.05, 0.1) is 40.3 Å². The number of quaternary nitrogens is 1. The second-order valence-corrected chi connectivity index (χ2v) is 15.2.